The molecule has 2 aromatic carbocycles. The Kier molecular flexibility index (Phi) is 4.34. The third-order valence-electron chi connectivity index (χ3n) is 4.13. The molecule has 0 aromatic heterocycles. The van der Waals surface area contributed by atoms with Gasteiger partial charge in [-0.1, -0.05) is 30.3 Å². The van der Waals surface area contributed by atoms with Crippen molar-refractivity contribution >= 4 is 23.2 Å². The van der Waals surface area contributed by atoms with E-state index in [0.29, 0.717) is 12.3 Å². The molecule has 0 saturated carbocycles. The number of rotatable bonds is 5. The summed E-state index contributed by atoms with van der Waals surface area (Å²) in [4.78, 5) is 14.4. The van der Waals surface area contributed by atoms with Crippen LogP contribution in [0.5, 0.6) is 5.75 Å². The third kappa shape index (κ3) is 2.57. The van der Waals surface area contributed by atoms with Crippen molar-refractivity contribution in [1.82, 2.24) is 0 Å². The lowest BCUT2D eigenvalue weighted by Gasteiger charge is -2.47. The maximum Gasteiger partial charge on any atom is 0.233 e. The fourth-order valence-electron chi connectivity index (χ4n) is 3.01. The van der Waals surface area contributed by atoms with Crippen LogP contribution >= 0.6 is 11.6 Å². The van der Waals surface area contributed by atoms with Gasteiger partial charge in [0.1, 0.15) is 5.75 Å². The van der Waals surface area contributed by atoms with Crippen LogP contribution in [0.25, 0.3) is 0 Å². The summed E-state index contributed by atoms with van der Waals surface area (Å²) in [5, 5.41) is 0. The summed E-state index contributed by atoms with van der Waals surface area (Å²) in [6, 6.07) is 17.7. The molecule has 3 nitrogen and oxygen atoms in total. The number of β-lactam (4-membered cyclic amide) rings is 1. The molecule has 0 spiro atoms. The number of halogens is 1. The third-order valence-corrected chi connectivity index (χ3v) is 4.34. The van der Waals surface area contributed by atoms with Crippen LogP contribution in [0, 0.1) is 5.92 Å². The highest BCUT2D eigenvalue weighted by Gasteiger charge is 2.48. The monoisotopic (exact) mass is 315 g/mol. The molecular formula is C18H18ClNO2. The number of anilines is 1. The lowest BCUT2D eigenvalue weighted by atomic mass is 9.80. The summed E-state index contributed by atoms with van der Waals surface area (Å²) in [6.45, 7) is 0. The lowest BCUT2D eigenvalue weighted by Crippen LogP contribution is -2.55. The molecule has 0 radical (unpaired) electrons. The molecule has 1 heterocycles. The van der Waals surface area contributed by atoms with E-state index >= 15 is 0 Å². The number of para-hydroxylation sites is 1. The number of ether oxygens (including phenoxy) is 1. The summed E-state index contributed by atoms with van der Waals surface area (Å²) in [7, 11) is 1.65. The summed E-state index contributed by atoms with van der Waals surface area (Å²) >= 11 is 5.88. The van der Waals surface area contributed by atoms with Gasteiger partial charge in [0.05, 0.1) is 19.1 Å². The normalized spacial score (nSPS) is 20.6. The quantitative estimate of drug-likeness (QED) is 0.616. The Labute approximate surface area is 135 Å². The van der Waals surface area contributed by atoms with Crippen LogP contribution in [0.1, 0.15) is 18.0 Å². The fraction of sp³-hybridized carbons (Fsp3) is 0.278. The molecule has 0 N–H and O–H groups in total. The topological polar surface area (TPSA) is 29.5 Å². The molecule has 1 amide bonds. The Morgan fingerprint density at radius 2 is 1.77 bits per heavy atom. The van der Waals surface area contributed by atoms with Crippen molar-refractivity contribution in [2.45, 2.75) is 12.5 Å². The molecule has 2 aromatic rings. The number of alkyl halides is 1. The molecular weight excluding hydrogens is 298 g/mol. The van der Waals surface area contributed by atoms with Crippen LogP contribution in [0.2, 0.25) is 0 Å². The standard InChI is InChI=1S/C18H18ClNO2/c1-22-15-9-7-13(8-10-15)17-16(11-12-19)18(21)20(17)14-5-3-2-4-6-14/h2-10,16-17H,11-12H2,1H3/t16-,17-/m1/s1. The van der Waals surface area contributed by atoms with Crippen LogP contribution in [-0.2, 0) is 4.79 Å². The smallest absolute Gasteiger partial charge is 0.233 e. The van der Waals surface area contributed by atoms with E-state index in [4.69, 9.17) is 16.3 Å². The van der Waals surface area contributed by atoms with E-state index in [2.05, 4.69) is 0 Å². The average molecular weight is 316 g/mol. The van der Waals surface area contributed by atoms with E-state index in [1.807, 2.05) is 59.5 Å². The van der Waals surface area contributed by atoms with Gasteiger partial charge in [-0.25, -0.2) is 0 Å². The first-order valence-corrected chi connectivity index (χ1v) is 7.87. The summed E-state index contributed by atoms with van der Waals surface area (Å²) in [5.41, 5.74) is 2.04. The van der Waals surface area contributed by atoms with Gasteiger partial charge >= 0.3 is 0 Å². The SMILES string of the molecule is COc1ccc([C@@H]2[C@@H](CCCl)C(=O)N2c2ccccc2)cc1. The van der Waals surface area contributed by atoms with Crippen molar-refractivity contribution in [3.8, 4) is 5.75 Å². The number of hydrogen-bond acceptors (Lipinski definition) is 2. The number of amides is 1. The largest absolute Gasteiger partial charge is 0.497 e. The predicted octanol–water partition coefficient (Wildman–Crippen LogP) is 4.03. The molecule has 0 bridgehead atoms. The second-order valence-electron chi connectivity index (χ2n) is 5.35. The molecule has 0 aliphatic carbocycles. The minimum Gasteiger partial charge on any atom is -0.497 e. The first-order valence-electron chi connectivity index (χ1n) is 7.34. The van der Waals surface area contributed by atoms with E-state index in [0.717, 1.165) is 17.0 Å². The van der Waals surface area contributed by atoms with Crippen molar-refractivity contribution in [2.75, 3.05) is 17.9 Å². The van der Waals surface area contributed by atoms with Crippen molar-refractivity contribution in [2.24, 2.45) is 5.92 Å². The molecule has 1 aliphatic rings. The molecule has 4 heteroatoms. The van der Waals surface area contributed by atoms with Crippen LogP contribution < -0.4 is 9.64 Å². The molecule has 22 heavy (non-hydrogen) atoms. The van der Waals surface area contributed by atoms with Crippen molar-refractivity contribution < 1.29 is 9.53 Å². The zero-order chi connectivity index (χ0) is 15.5. The van der Waals surface area contributed by atoms with Crippen molar-refractivity contribution in [3.63, 3.8) is 0 Å². The van der Waals surface area contributed by atoms with Gasteiger partial charge in [-0.2, -0.15) is 0 Å². The van der Waals surface area contributed by atoms with E-state index < -0.39 is 0 Å². The van der Waals surface area contributed by atoms with Gasteiger partial charge in [0, 0.05) is 11.6 Å². The number of hydrogen-bond donors (Lipinski definition) is 0. The minimum absolute atomic E-state index is 0.0413. The van der Waals surface area contributed by atoms with E-state index in [1.165, 1.54) is 0 Å². The summed E-state index contributed by atoms with van der Waals surface area (Å²) in [5.74, 6) is 1.40. The molecule has 1 fully saturated rings. The Morgan fingerprint density at radius 3 is 2.36 bits per heavy atom. The van der Waals surface area contributed by atoms with E-state index in [9.17, 15) is 4.79 Å². The molecule has 0 unspecified atom stereocenters. The Hall–Kier alpha value is -2.00. The summed E-state index contributed by atoms with van der Waals surface area (Å²) in [6.07, 6.45) is 0.695. The molecule has 3 rings (SSSR count). The summed E-state index contributed by atoms with van der Waals surface area (Å²) < 4.78 is 5.21. The predicted molar refractivity (Wildman–Crippen MR) is 88.5 cm³/mol. The van der Waals surface area contributed by atoms with Gasteiger partial charge in [-0.3, -0.25) is 4.79 Å². The Bertz CT molecular complexity index is 642. The minimum atomic E-state index is -0.0499. The second-order valence-corrected chi connectivity index (χ2v) is 5.72. The van der Waals surface area contributed by atoms with Gasteiger partial charge in [-0.15, -0.1) is 11.6 Å². The van der Waals surface area contributed by atoms with Gasteiger partial charge < -0.3 is 9.64 Å². The van der Waals surface area contributed by atoms with E-state index in [1.54, 1.807) is 7.11 Å². The number of carbonyl (C=O) groups is 1. The maximum absolute atomic E-state index is 12.5. The number of methoxy groups -OCH3 is 1. The van der Waals surface area contributed by atoms with Crippen LogP contribution in [0.3, 0.4) is 0 Å². The number of carbonyl (C=O) groups excluding carboxylic acids is 1. The second kappa shape index (κ2) is 6.41. The van der Waals surface area contributed by atoms with Gasteiger partial charge in [-0.05, 0) is 36.2 Å². The zero-order valence-corrected chi connectivity index (χ0v) is 13.2. The molecule has 2 atom stereocenters. The lowest BCUT2D eigenvalue weighted by molar-refractivity contribution is -0.130. The highest BCUT2D eigenvalue weighted by molar-refractivity contribution is 6.18. The van der Waals surface area contributed by atoms with Crippen molar-refractivity contribution in [1.29, 1.82) is 0 Å². The number of nitrogens with zero attached hydrogens (tertiary/aromatic N) is 1. The zero-order valence-electron chi connectivity index (χ0n) is 12.4. The van der Waals surface area contributed by atoms with Gasteiger partial charge in [0.25, 0.3) is 0 Å². The first kappa shape index (κ1) is 14.9. The highest BCUT2D eigenvalue weighted by Crippen LogP contribution is 2.45. The average Bonchev–Trinajstić information content (AvgIpc) is 2.58. The van der Waals surface area contributed by atoms with Gasteiger partial charge in [0.15, 0.2) is 0 Å². The van der Waals surface area contributed by atoms with Crippen LogP contribution in [0.4, 0.5) is 5.69 Å². The van der Waals surface area contributed by atoms with Crippen LogP contribution in [0.15, 0.2) is 54.6 Å². The Morgan fingerprint density at radius 1 is 1.09 bits per heavy atom. The first-order chi connectivity index (χ1) is 10.8. The maximum atomic E-state index is 12.5. The molecule has 1 saturated heterocycles. The van der Waals surface area contributed by atoms with Crippen molar-refractivity contribution in [3.05, 3.63) is 60.2 Å². The molecule has 114 valence electrons. The number of benzene rings is 2. The van der Waals surface area contributed by atoms with E-state index in [-0.39, 0.29) is 17.9 Å². The molecule has 1 aliphatic heterocycles. The van der Waals surface area contributed by atoms with Gasteiger partial charge in [0.2, 0.25) is 5.91 Å². The van der Waals surface area contributed by atoms with Crippen LogP contribution in [-0.4, -0.2) is 18.9 Å². The Balaban J connectivity index is 1.93. The highest BCUT2D eigenvalue weighted by atomic mass is 35.5. The fourth-order valence-corrected chi connectivity index (χ4v) is 3.24.